The summed E-state index contributed by atoms with van der Waals surface area (Å²) in [5, 5.41) is 5.68. The largest absolute Gasteiger partial charge is 0.299 e. The summed E-state index contributed by atoms with van der Waals surface area (Å²) in [5.74, 6) is 0. The van der Waals surface area contributed by atoms with E-state index in [-0.39, 0.29) is 0 Å². The SMILES string of the molecule is Cc1ccc(-n2c3ccsc3c3sccc32)s1. The third-order valence-electron chi connectivity index (χ3n) is 2.92. The molecule has 0 aliphatic rings. The Balaban J connectivity index is 2.20. The highest BCUT2D eigenvalue weighted by Crippen LogP contribution is 2.39. The van der Waals surface area contributed by atoms with E-state index < -0.39 is 0 Å². The van der Waals surface area contributed by atoms with Crippen LogP contribution in [0.4, 0.5) is 0 Å². The van der Waals surface area contributed by atoms with E-state index in [1.54, 1.807) is 0 Å². The standard InChI is InChI=1S/C13H9NS3/c1-8-2-3-11(17-8)14-9-4-6-15-12(9)13-10(14)5-7-16-13/h2-7H,1H3. The van der Waals surface area contributed by atoms with Crippen molar-refractivity contribution in [3.63, 3.8) is 0 Å². The van der Waals surface area contributed by atoms with Gasteiger partial charge in [0.25, 0.3) is 0 Å². The summed E-state index contributed by atoms with van der Waals surface area (Å²) in [6.45, 7) is 2.16. The molecule has 4 rings (SSSR count). The molecule has 17 heavy (non-hydrogen) atoms. The van der Waals surface area contributed by atoms with E-state index in [1.165, 1.54) is 30.3 Å². The summed E-state index contributed by atoms with van der Waals surface area (Å²) in [6.07, 6.45) is 0. The molecule has 0 amide bonds. The molecule has 0 N–H and O–H groups in total. The molecule has 0 unspecified atom stereocenters. The lowest BCUT2D eigenvalue weighted by molar-refractivity contribution is 1.23. The third kappa shape index (κ3) is 1.29. The molecule has 0 aromatic carbocycles. The third-order valence-corrected chi connectivity index (χ3v) is 5.88. The Morgan fingerprint density at radius 2 is 1.53 bits per heavy atom. The summed E-state index contributed by atoms with van der Waals surface area (Å²) in [4.78, 5) is 1.36. The van der Waals surface area contributed by atoms with E-state index in [9.17, 15) is 0 Å². The number of thiophene rings is 3. The molecule has 0 fully saturated rings. The second-order valence-electron chi connectivity index (χ2n) is 3.99. The van der Waals surface area contributed by atoms with E-state index in [1.807, 2.05) is 34.0 Å². The number of rotatable bonds is 1. The van der Waals surface area contributed by atoms with Gasteiger partial charge in [-0.3, -0.25) is 4.57 Å². The molecule has 4 heterocycles. The Bertz CT molecular complexity index is 764. The van der Waals surface area contributed by atoms with Crippen molar-refractivity contribution in [1.82, 2.24) is 4.57 Å². The van der Waals surface area contributed by atoms with Gasteiger partial charge in [-0.05, 0) is 41.9 Å². The van der Waals surface area contributed by atoms with Gasteiger partial charge in [0.15, 0.2) is 0 Å². The van der Waals surface area contributed by atoms with Crippen molar-refractivity contribution >= 4 is 54.4 Å². The summed E-state index contributed by atoms with van der Waals surface area (Å²) >= 11 is 5.53. The Labute approximate surface area is 111 Å². The van der Waals surface area contributed by atoms with Crippen molar-refractivity contribution in [2.24, 2.45) is 0 Å². The van der Waals surface area contributed by atoms with E-state index in [0.29, 0.717) is 0 Å². The molecule has 0 bridgehead atoms. The predicted octanol–water partition coefficient (Wildman–Crippen LogP) is 5.28. The van der Waals surface area contributed by atoms with Crippen LogP contribution in [0.1, 0.15) is 4.88 Å². The maximum Gasteiger partial charge on any atom is 0.100 e. The van der Waals surface area contributed by atoms with Crippen LogP contribution in [-0.4, -0.2) is 4.57 Å². The average Bonchev–Trinajstić information content (AvgIpc) is 2.98. The molecule has 84 valence electrons. The van der Waals surface area contributed by atoms with Gasteiger partial charge in [-0.25, -0.2) is 0 Å². The van der Waals surface area contributed by atoms with Gasteiger partial charge in [0.2, 0.25) is 0 Å². The lowest BCUT2D eigenvalue weighted by Gasteiger charge is -2.00. The fraction of sp³-hybridized carbons (Fsp3) is 0.0769. The highest BCUT2D eigenvalue weighted by Gasteiger charge is 2.14. The highest BCUT2D eigenvalue weighted by molar-refractivity contribution is 7.25. The van der Waals surface area contributed by atoms with Crippen molar-refractivity contribution in [3.8, 4) is 5.00 Å². The van der Waals surface area contributed by atoms with E-state index in [4.69, 9.17) is 0 Å². The number of hydrogen-bond donors (Lipinski definition) is 0. The Kier molecular flexibility index (Phi) is 2.00. The first-order valence-corrected chi connectivity index (χ1v) is 7.94. The fourth-order valence-electron chi connectivity index (χ4n) is 2.21. The first-order valence-electron chi connectivity index (χ1n) is 5.36. The van der Waals surface area contributed by atoms with E-state index in [0.717, 1.165) is 0 Å². The number of fused-ring (bicyclic) bond motifs is 3. The second-order valence-corrected chi connectivity index (χ2v) is 7.09. The smallest absolute Gasteiger partial charge is 0.100 e. The van der Waals surface area contributed by atoms with Crippen LogP contribution < -0.4 is 0 Å². The van der Waals surface area contributed by atoms with Gasteiger partial charge in [-0.1, -0.05) is 0 Å². The molecular formula is C13H9NS3. The minimum Gasteiger partial charge on any atom is -0.299 e. The van der Waals surface area contributed by atoms with Crippen LogP contribution in [0.25, 0.3) is 25.4 Å². The van der Waals surface area contributed by atoms with Crippen molar-refractivity contribution in [3.05, 3.63) is 39.9 Å². The van der Waals surface area contributed by atoms with Crippen molar-refractivity contribution in [2.45, 2.75) is 6.92 Å². The van der Waals surface area contributed by atoms with Gasteiger partial charge in [0, 0.05) is 4.88 Å². The number of nitrogens with zero attached hydrogens (tertiary/aromatic N) is 1. The fourth-order valence-corrected chi connectivity index (χ4v) is 5.03. The summed E-state index contributed by atoms with van der Waals surface area (Å²) < 4.78 is 5.22. The predicted molar refractivity (Wildman–Crippen MR) is 79.1 cm³/mol. The normalized spacial score (nSPS) is 11.8. The molecule has 0 atom stereocenters. The molecule has 0 aliphatic carbocycles. The first kappa shape index (κ1) is 9.88. The topological polar surface area (TPSA) is 4.93 Å². The molecule has 1 nitrogen and oxygen atoms in total. The molecule has 4 heteroatoms. The molecule has 0 spiro atoms. The Hall–Kier alpha value is -1.10. The van der Waals surface area contributed by atoms with Gasteiger partial charge in [0.05, 0.1) is 20.4 Å². The highest BCUT2D eigenvalue weighted by atomic mass is 32.1. The summed E-state index contributed by atoms with van der Waals surface area (Å²) in [7, 11) is 0. The van der Waals surface area contributed by atoms with Crippen LogP contribution >= 0.6 is 34.0 Å². The van der Waals surface area contributed by atoms with Crippen LogP contribution in [0, 0.1) is 6.92 Å². The molecule has 0 saturated heterocycles. The van der Waals surface area contributed by atoms with Gasteiger partial charge in [-0.15, -0.1) is 34.0 Å². The minimum atomic E-state index is 1.32. The molecule has 0 saturated carbocycles. The van der Waals surface area contributed by atoms with Crippen LogP contribution in [-0.2, 0) is 0 Å². The van der Waals surface area contributed by atoms with Crippen LogP contribution in [0.3, 0.4) is 0 Å². The lowest BCUT2D eigenvalue weighted by atomic mass is 10.5. The Morgan fingerprint density at radius 3 is 2.06 bits per heavy atom. The average molecular weight is 275 g/mol. The van der Waals surface area contributed by atoms with Gasteiger partial charge in [-0.2, -0.15) is 0 Å². The van der Waals surface area contributed by atoms with Gasteiger partial charge >= 0.3 is 0 Å². The van der Waals surface area contributed by atoms with Crippen molar-refractivity contribution in [2.75, 3.05) is 0 Å². The van der Waals surface area contributed by atoms with Crippen molar-refractivity contribution < 1.29 is 0 Å². The maximum absolute atomic E-state index is 2.38. The molecule has 4 aromatic heterocycles. The summed E-state index contributed by atoms with van der Waals surface area (Å²) in [5.41, 5.74) is 2.69. The quantitative estimate of drug-likeness (QED) is 0.445. The van der Waals surface area contributed by atoms with E-state index >= 15 is 0 Å². The maximum atomic E-state index is 2.38. The zero-order chi connectivity index (χ0) is 11.4. The van der Waals surface area contributed by atoms with Gasteiger partial charge in [0.1, 0.15) is 5.00 Å². The summed E-state index contributed by atoms with van der Waals surface area (Å²) in [6, 6.07) is 8.86. The van der Waals surface area contributed by atoms with Crippen LogP contribution in [0.5, 0.6) is 0 Å². The number of aromatic nitrogens is 1. The molecule has 0 aliphatic heterocycles. The van der Waals surface area contributed by atoms with Crippen molar-refractivity contribution in [1.29, 1.82) is 0 Å². The van der Waals surface area contributed by atoms with Gasteiger partial charge < -0.3 is 0 Å². The lowest BCUT2D eigenvalue weighted by Crippen LogP contribution is -1.87. The molecule has 0 radical (unpaired) electrons. The Morgan fingerprint density at radius 1 is 0.882 bits per heavy atom. The number of aryl methyl sites for hydroxylation is 1. The zero-order valence-corrected chi connectivity index (χ0v) is 11.6. The minimum absolute atomic E-state index is 1.32. The monoisotopic (exact) mass is 275 g/mol. The molecule has 4 aromatic rings. The van der Waals surface area contributed by atoms with Crippen LogP contribution in [0.15, 0.2) is 35.0 Å². The van der Waals surface area contributed by atoms with Crippen LogP contribution in [0.2, 0.25) is 0 Å². The number of hydrogen-bond acceptors (Lipinski definition) is 3. The first-order chi connectivity index (χ1) is 8.34. The zero-order valence-electron chi connectivity index (χ0n) is 9.14. The van der Waals surface area contributed by atoms with E-state index in [2.05, 4.69) is 46.5 Å². The second kappa shape index (κ2) is 3.45. The molecular weight excluding hydrogens is 266 g/mol.